The van der Waals surface area contributed by atoms with Gasteiger partial charge in [0.15, 0.2) is 0 Å². The Hall–Kier alpha value is -1.80. The molecule has 3 aliphatic heterocycles. The van der Waals surface area contributed by atoms with E-state index in [1.165, 1.54) is 22.8 Å². The van der Waals surface area contributed by atoms with Crippen LogP contribution in [0.4, 0.5) is 13.2 Å². The number of fused-ring (bicyclic) bond motifs is 2. The lowest BCUT2D eigenvalue weighted by Crippen LogP contribution is -3.00. The predicted molar refractivity (Wildman–Crippen MR) is 142 cm³/mol. The van der Waals surface area contributed by atoms with Crippen molar-refractivity contribution in [2.45, 2.75) is 75.3 Å². The SMILES string of the molecule is Cc1ccc2c(c1)CNC[C@]21CNC[C@H]1C(=O)N1CC[C@@H](c2ccccc2F)C[C@H]1C1CCC(F)(F)CC1.[Cl-].[Cl-]. The van der Waals surface area contributed by atoms with Crippen molar-refractivity contribution in [2.24, 2.45) is 11.8 Å². The van der Waals surface area contributed by atoms with Crippen LogP contribution in [0.5, 0.6) is 0 Å². The molecule has 4 aliphatic rings. The van der Waals surface area contributed by atoms with Gasteiger partial charge < -0.3 is 40.3 Å². The van der Waals surface area contributed by atoms with Gasteiger partial charge in [0.05, 0.1) is 5.92 Å². The number of hydrogen-bond acceptors (Lipinski definition) is 3. The van der Waals surface area contributed by atoms with Crippen molar-refractivity contribution in [1.29, 1.82) is 0 Å². The van der Waals surface area contributed by atoms with Gasteiger partial charge in [-0.1, -0.05) is 42.0 Å². The van der Waals surface area contributed by atoms with Crippen LogP contribution in [-0.4, -0.2) is 49.0 Å². The number of carbonyl (C=O) groups is 1. The van der Waals surface area contributed by atoms with Crippen molar-refractivity contribution in [3.05, 3.63) is 70.5 Å². The Morgan fingerprint density at radius 2 is 1.73 bits per heavy atom. The van der Waals surface area contributed by atoms with Crippen molar-refractivity contribution in [1.82, 2.24) is 15.5 Å². The zero-order chi connectivity index (χ0) is 26.5. The Kier molecular flexibility index (Phi) is 9.50. The molecule has 0 aromatic heterocycles. The summed E-state index contributed by atoms with van der Waals surface area (Å²) in [5.41, 5.74) is 4.07. The first-order valence-electron chi connectivity index (χ1n) is 14.2. The van der Waals surface area contributed by atoms with Gasteiger partial charge in [-0.2, -0.15) is 0 Å². The molecular formula is C31H38Cl2F3N3O-2. The number of piperidine rings is 1. The molecule has 1 aliphatic carbocycles. The number of hydrogen-bond donors (Lipinski definition) is 2. The van der Waals surface area contributed by atoms with Gasteiger partial charge in [-0.25, -0.2) is 13.2 Å². The molecule has 1 amide bonds. The summed E-state index contributed by atoms with van der Waals surface area (Å²) in [7, 11) is 0. The number of carbonyl (C=O) groups excluding carboxylic acids is 1. The summed E-state index contributed by atoms with van der Waals surface area (Å²) in [4.78, 5) is 16.5. The number of aryl methyl sites for hydroxylation is 1. The second-order valence-corrected chi connectivity index (χ2v) is 12.1. The zero-order valence-electron chi connectivity index (χ0n) is 22.9. The lowest BCUT2D eigenvalue weighted by molar-refractivity contribution is -0.144. The molecule has 0 bridgehead atoms. The quantitative estimate of drug-likeness (QED) is 0.493. The normalized spacial score (nSPS) is 29.8. The fourth-order valence-corrected chi connectivity index (χ4v) is 7.87. The molecule has 4 atom stereocenters. The summed E-state index contributed by atoms with van der Waals surface area (Å²) in [6, 6.07) is 13.3. The molecule has 2 N–H and O–H groups in total. The highest BCUT2D eigenvalue weighted by molar-refractivity contribution is 5.82. The summed E-state index contributed by atoms with van der Waals surface area (Å²) >= 11 is 0. The maximum atomic E-state index is 14.8. The Morgan fingerprint density at radius 1 is 1.00 bits per heavy atom. The number of nitrogens with one attached hydrogen (secondary N) is 2. The van der Waals surface area contributed by atoms with Crippen LogP contribution in [-0.2, 0) is 16.8 Å². The first-order chi connectivity index (χ1) is 18.3. The van der Waals surface area contributed by atoms with Crippen LogP contribution in [0.3, 0.4) is 0 Å². The molecule has 2 aromatic carbocycles. The minimum absolute atomic E-state index is 0. The Balaban J connectivity index is 0.00000185. The minimum atomic E-state index is -2.63. The van der Waals surface area contributed by atoms with Gasteiger partial charge >= 0.3 is 0 Å². The lowest BCUT2D eigenvalue weighted by atomic mass is 9.67. The van der Waals surface area contributed by atoms with E-state index >= 15 is 0 Å². The monoisotopic (exact) mass is 595 g/mol. The molecule has 40 heavy (non-hydrogen) atoms. The largest absolute Gasteiger partial charge is 1.00 e. The maximum Gasteiger partial charge on any atom is 0.248 e. The van der Waals surface area contributed by atoms with Crippen molar-refractivity contribution < 1.29 is 42.8 Å². The molecule has 4 nitrogen and oxygen atoms in total. The number of benzene rings is 2. The number of alkyl halides is 2. The summed E-state index contributed by atoms with van der Waals surface area (Å²) in [6.45, 7) is 5.51. The van der Waals surface area contributed by atoms with Crippen molar-refractivity contribution in [3.63, 3.8) is 0 Å². The Labute approximate surface area is 247 Å². The third-order valence-corrected chi connectivity index (χ3v) is 9.89. The van der Waals surface area contributed by atoms with E-state index in [9.17, 15) is 18.0 Å². The van der Waals surface area contributed by atoms with Crippen LogP contribution in [0, 0.1) is 24.6 Å². The van der Waals surface area contributed by atoms with Gasteiger partial charge in [0.25, 0.3) is 0 Å². The molecule has 3 heterocycles. The van der Waals surface area contributed by atoms with E-state index in [1.54, 1.807) is 6.07 Å². The van der Waals surface area contributed by atoms with Crippen LogP contribution >= 0.6 is 0 Å². The highest BCUT2D eigenvalue weighted by Crippen LogP contribution is 2.46. The molecule has 6 rings (SSSR count). The van der Waals surface area contributed by atoms with E-state index in [4.69, 9.17) is 0 Å². The van der Waals surface area contributed by atoms with E-state index in [0.717, 1.165) is 19.6 Å². The molecule has 220 valence electrons. The summed E-state index contributed by atoms with van der Waals surface area (Å²) < 4.78 is 43.0. The molecule has 1 spiro atoms. The number of likely N-dealkylation sites (tertiary alicyclic amines) is 1. The topological polar surface area (TPSA) is 44.4 Å². The molecule has 0 radical (unpaired) electrons. The fraction of sp³-hybridized carbons (Fsp3) is 0.581. The third kappa shape index (κ3) is 5.64. The molecule has 0 unspecified atom stereocenters. The van der Waals surface area contributed by atoms with Crippen LogP contribution in [0.15, 0.2) is 42.5 Å². The second kappa shape index (κ2) is 12.2. The number of halogens is 5. The van der Waals surface area contributed by atoms with E-state index in [2.05, 4.69) is 35.8 Å². The minimum Gasteiger partial charge on any atom is -1.00 e. The van der Waals surface area contributed by atoms with Crippen LogP contribution in [0.2, 0.25) is 0 Å². The first-order valence-corrected chi connectivity index (χ1v) is 14.2. The van der Waals surface area contributed by atoms with Gasteiger partial charge in [0.1, 0.15) is 5.82 Å². The number of nitrogens with zero attached hydrogens (tertiary/aromatic N) is 1. The summed E-state index contributed by atoms with van der Waals surface area (Å²) in [6.07, 6.45) is 1.86. The molecule has 2 saturated heterocycles. The van der Waals surface area contributed by atoms with Gasteiger partial charge in [-0.3, -0.25) is 4.79 Å². The molecule has 1 saturated carbocycles. The number of amides is 1. The summed E-state index contributed by atoms with van der Waals surface area (Å²) in [5, 5.41) is 7.09. The Morgan fingerprint density at radius 3 is 2.48 bits per heavy atom. The van der Waals surface area contributed by atoms with Gasteiger partial charge in [0.2, 0.25) is 11.8 Å². The van der Waals surface area contributed by atoms with E-state index in [-0.39, 0.29) is 78.6 Å². The number of rotatable bonds is 3. The average molecular weight is 597 g/mol. The maximum absolute atomic E-state index is 14.8. The van der Waals surface area contributed by atoms with E-state index in [1.807, 2.05) is 17.0 Å². The highest BCUT2D eigenvalue weighted by atomic mass is 35.5. The standard InChI is InChI=1S/C31H38F3N3O.2ClH/c1-20-6-7-25-23(14-20)16-35-18-30(25)19-36-17-26(30)29(38)37-13-10-22(24-4-2-3-5-27(24)32)15-28(37)21-8-11-31(33,34)12-9-21;;/h2-7,14,21-22,26,28,35-36H,8-13,15-19H2,1H3;2*1H/p-2/t22-,26+,28+,30+;;/m1../s1. The van der Waals surface area contributed by atoms with Gasteiger partial charge in [0, 0.05) is 57.0 Å². The molecule has 2 aromatic rings. The van der Waals surface area contributed by atoms with Crippen molar-refractivity contribution in [2.75, 3.05) is 26.2 Å². The zero-order valence-corrected chi connectivity index (χ0v) is 24.4. The molecular weight excluding hydrogens is 558 g/mol. The van der Waals surface area contributed by atoms with Crippen LogP contribution < -0.4 is 35.4 Å². The van der Waals surface area contributed by atoms with Gasteiger partial charge in [-0.05, 0) is 67.2 Å². The van der Waals surface area contributed by atoms with Crippen molar-refractivity contribution >= 4 is 5.91 Å². The summed E-state index contributed by atoms with van der Waals surface area (Å²) in [5.74, 6) is -2.94. The second-order valence-electron chi connectivity index (χ2n) is 12.1. The first kappa shape index (κ1) is 31.1. The predicted octanol–water partition coefficient (Wildman–Crippen LogP) is -0.697. The van der Waals surface area contributed by atoms with Crippen LogP contribution in [0.1, 0.15) is 66.7 Å². The smallest absolute Gasteiger partial charge is 0.248 e. The molecule has 3 fully saturated rings. The van der Waals surface area contributed by atoms with Crippen molar-refractivity contribution in [3.8, 4) is 0 Å². The Bertz CT molecular complexity index is 1200. The lowest BCUT2D eigenvalue weighted by Gasteiger charge is -2.48. The van der Waals surface area contributed by atoms with E-state index < -0.39 is 5.92 Å². The van der Waals surface area contributed by atoms with Crippen LogP contribution in [0.25, 0.3) is 0 Å². The fourth-order valence-electron chi connectivity index (χ4n) is 7.87. The van der Waals surface area contributed by atoms with Gasteiger partial charge in [-0.15, -0.1) is 0 Å². The third-order valence-electron chi connectivity index (χ3n) is 9.89. The molecule has 9 heteroatoms. The highest BCUT2D eigenvalue weighted by Gasteiger charge is 2.53. The average Bonchev–Trinajstić information content (AvgIpc) is 3.32. The van der Waals surface area contributed by atoms with E-state index in [0.29, 0.717) is 44.3 Å².